The molecule has 0 fully saturated rings. The van der Waals surface area contributed by atoms with E-state index in [4.69, 9.17) is 4.42 Å². The highest BCUT2D eigenvalue weighted by molar-refractivity contribution is 7.99. The lowest BCUT2D eigenvalue weighted by molar-refractivity contribution is -0.122. The molecule has 0 bridgehead atoms. The van der Waals surface area contributed by atoms with Crippen molar-refractivity contribution in [2.75, 3.05) is 17.6 Å². The van der Waals surface area contributed by atoms with E-state index >= 15 is 0 Å². The number of rotatable bonds is 7. The van der Waals surface area contributed by atoms with E-state index < -0.39 is 41.5 Å². The number of aromatic amines is 1. The number of carbonyl (C=O) groups excluding carboxylic acids is 2. The second-order valence-corrected chi connectivity index (χ2v) is 7.38. The van der Waals surface area contributed by atoms with E-state index in [1.807, 2.05) is 24.3 Å². The van der Waals surface area contributed by atoms with Gasteiger partial charge in [0.05, 0.1) is 23.5 Å². The van der Waals surface area contributed by atoms with Crippen molar-refractivity contribution in [1.29, 1.82) is 0 Å². The third kappa shape index (κ3) is 4.59. The third-order valence-corrected chi connectivity index (χ3v) is 5.13. The Morgan fingerprint density at radius 3 is 2.69 bits per heavy atom. The Balaban J connectivity index is 1.28. The first-order valence-electron chi connectivity index (χ1n) is 9.15. The molecule has 4 rings (SSSR count). The maximum Gasteiger partial charge on any atom is 0.277 e. The molecule has 0 saturated carbocycles. The minimum atomic E-state index is -1.70. The molecule has 0 aliphatic heterocycles. The minimum absolute atomic E-state index is 0.123. The Morgan fingerprint density at radius 2 is 1.84 bits per heavy atom. The van der Waals surface area contributed by atoms with Crippen molar-refractivity contribution >= 4 is 40.2 Å². The van der Waals surface area contributed by atoms with Crippen LogP contribution in [0.5, 0.6) is 0 Å². The zero-order chi connectivity index (χ0) is 22.7. The van der Waals surface area contributed by atoms with Crippen LogP contribution < -0.4 is 10.6 Å². The Labute approximate surface area is 182 Å². The molecular weight excluding hydrogens is 447 g/mol. The fourth-order valence-corrected chi connectivity index (χ4v) is 3.39. The minimum Gasteiger partial charge on any atom is -0.411 e. The SMILES string of the molecule is O=C(CSc1nnc(-c2c[nH]c3ccccc23)o1)NCC(=O)Nc1ccc(F)c(F)c1F. The summed E-state index contributed by atoms with van der Waals surface area (Å²) in [6.45, 7) is -0.498. The number of aromatic nitrogens is 3. The lowest BCUT2D eigenvalue weighted by Gasteiger charge is -2.08. The molecule has 3 N–H and O–H groups in total. The number of benzene rings is 2. The third-order valence-electron chi connectivity index (χ3n) is 4.31. The quantitative estimate of drug-likeness (QED) is 0.287. The molecule has 0 aliphatic rings. The summed E-state index contributed by atoms with van der Waals surface area (Å²) in [5.74, 6) is -5.77. The lowest BCUT2D eigenvalue weighted by atomic mass is 10.2. The van der Waals surface area contributed by atoms with Crippen molar-refractivity contribution in [2.45, 2.75) is 5.22 Å². The van der Waals surface area contributed by atoms with Gasteiger partial charge in [0.1, 0.15) is 0 Å². The summed E-state index contributed by atoms with van der Waals surface area (Å²) < 4.78 is 45.3. The highest BCUT2D eigenvalue weighted by Gasteiger charge is 2.17. The molecule has 0 atom stereocenters. The van der Waals surface area contributed by atoms with Gasteiger partial charge in [0, 0.05) is 17.1 Å². The first-order chi connectivity index (χ1) is 15.4. The molecule has 8 nitrogen and oxygen atoms in total. The van der Waals surface area contributed by atoms with Crippen molar-refractivity contribution < 1.29 is 27.2 Å². The summed E-state index contributed by atoms with van der Waals surface area (Å²) in [4.78, 5) is 26.9. The van der Waals surface area contributed by atoms with Crippen molar-refractivity contribution in [1.82, 2.24) is 20.5 Å². The summed E-state index contributed by atoms with van der Waals surface area (Å²) in [5.41, 5.74) is 1.11. The molecule has 0 aliphatic carbocycles. The van der Waals surface area contributed by atoms with Crippen molar-refractivity contribution in [2.24, 2.45) is 0 Å². The van der Waals surface area contributed by atoms with Gasteiger partial charge in [0.25, 0.3) is 11.1 Å². The van der Waals surface area contributed by atoms with Crippen LogP contribution in [0.1, 0.15) is 0 Å². The van der Waals surface area contributed by atoms with Crippen LogP contribution in [0.25, 0.3) is 22.4 Å². The largest absolute Gasteiger partial charge is 0.411 e. The summed E-state index contributed by atoms with van der Waals surface area (Å²) in [5, 5.41) is 13.3. The molecule has 0 saturated heterocycles. The number of nitrogens with one attached hydrogen (secondary N) is 3. The van der Waals surface area contributed by atoms with E-state index in [0.29, 0.717) is 12.0 Å². The highest BCUT2D eigenvalue weighted by Crippen LogP contribution is 2.29. The van der Waals surface area contributed by atoms with Crippen molar-refractivity contribution in [3.8, 4) is 11.5 Å². The standard InChI is InChI=1S/C20H14F3N5O3S/c21-12-5-6-14(18(23)17(12)22)26-15(29)8-25-16(30)9-32-20-28-27-19(31-20)11-7-24-13-4-2-1-3-10(11)13/h1-7,24H,8-9H2,(H,25,30)(H,26,29). The Kier molecular flexibility index (Phi) is 6.12. The Morgan fingerprint density at radius 1 is 1.03 bits per heavy atom. The molecule has 2 aromatic heterocycles. The van der Waals surface area contributed by atoms with Gasteiger partial charge in [-0.05, 0) is 18.2 Å². The van der Waals surface area contributed by atoms with Gasteiger partial charge in [-0.1, -0.05) is 30.0 Å². The van der Waals surface area contributed by atoms with E-state index in [-0.39, 0.29) is 11.0 Å². The van der Waals surface area contributed by atoms with Gasteiger partial charge in [-0.15, -0.1) is 10.2 Å². The van der Waals surface area contributed by atoms with Gasteiger partial charge < -0.3 is 20.0 Å². The molecule has 0 radical (unpaired) electrons. The maximum atomic E-state index is 13.6. The number of nitrogens with zero attached hydrogens (tertiary/aromatic N) is 2. The van der Waals surface area contributed by atoms with E-state index in [1.165, 1.54) is 0 Å². The molecule has 164 valence electrons. The molecule has 4 aromatic rings. The monoisotopic (exact) mass is 461 g/mol. The number of carbonyl (C=O) groups is 2. The van der Waals surface area contributed by atoms with Crippen LogP contribution in [-0.4, -0.2) is 39.3 Å². The number of H-pyrrole nitrogens is 1. The molecular formula is C20H14F3N5O3S. The molecule has 12 heteroatoms. The highest BCUT2D eigenvalue weighted by atomic mass is 32.2. The number of para-hydroxylation sites is 1. The molecule has 0 unspecified atom stereocenters. The van der Waals surface area contributed by atoms with Gasteiger partial charge >= 0.3 is 0 Å². The normalized spacial score (nSPS) is 11.0. The average molecular weight is 461 g/mol. The second kappa shape index (κ2) is 9.14. The summed E-state index contributed by atoms with van der Waals surface area (Å²) in [6, 6.07) is 9.15. The summed E-state index contributed by atoms with van der Waals surface area (Å²) >= 11 is 0.968. The molecule has 2 heterocycles. The van der Waals surface area contributed by atoms with Crippen molar-refractivity contribution in [3.05, 3.63) is 60.0 Å². The molecule has 32 heavy (non-hydrogen) atoms. The zero-order valence-electron chi connectivity index (χ0n) is 16.1. The van der Waals surface area contributed by atoms with Crippen molar-refractivity contribution in [3.63, 3.8) is 0 Å². The van der Waals surface area contributed by atoms with Gasteiger partial charge in [-0.25, -0.2) is 13.2 Å². The second-order valence-electron chi connectivity index (χ2n) is 6.46. The average Bonchev–Trinajstić information content (AvgIpc) is 3.43. The van der Waals surface area contributed by atoms with Crippen LogP contribution in [0.4, 0.5) is 18.9 Å². The van der Waals surface area contributed by atoms with Gasteiger partial charge in [-0.3, -0.25) is 9.59 Å². The number of amides is 2. The van der Waals surface area contributed by atoms with E-state index in [1.54, 1.807) is 6.20 Å². The number of hydrogen-bond acceptors (Lipinski definition) is 6. The fourth-order valence-electron chi connectivity index (χ4n) is 2.80. The number of halogens is 3. The van der Waals surface area contributed by atoms with Gasteiger partial charge in [0.15, 0.2) is 17.5 Å². The van der Waals surface area contributed by atoms with Crippen LogP contribution in [0.15, 0.2) is 52.2 Å². The molecule has 2 amide bonds. The summed E-state index contributed by atoms with van der Waals surface area (Å²) in [6.07, 6.45) is 1.74. The van der Waals surface area contributed by atoms with Gasteiger partial charge in [-0.2, -0.15) is 0 Å². The van der Waals surface area contributed by atoms with E-state index in [2.05, 4.69) is 25.8 Å². The molecule has 2 aromatic carbocycles. The van der Waals surface area contributed by atoms with Crippen LogP contribution >= 0.6 is 11.8 Å². The smallest absolute Gasteiger partial charge is 0.277 e. The lowest BCUT2D eigenvalue weighted by Crippen LogP contribution is -2.34. The first-order valence-corrected chi connectivity index (χ1v) is 10.1. The van der Waals surface area contributed by atoms with Crippen LogP contribution in [0.3, 0.4) is 0 Å². The number of fused-ring (bicyclic) bond motifs is 1. The van der Waals surface area contributed by atoms with Gasteiger partial charge in [0.2, 0.25) is 11.8 Å². The zero-order valence-corrected chi connectivity index (χ0v) is 16.9. The number of thioether (sulfide) groups is 1. The Hall–Kier alpha value is -3.80. The maximum absolute atomic E-state index is 13.6. The topological polar surface area (TPSA) is 113 Å². The first kappa shape index (κ1) is 21.4. The summed E-state index contributed by atoms with van der Waals surface area (Å²) in [7, 11) is 0. The number of anilines is 1. The van der Waals surface area contributed by atoms with Crippen LogP contribution in [0, 0.1) is 17.5 Å². The van der Waals surface area contributed by atoms with E-state index in [0.717, 1.165) is 34.3 Å². The Bertz CT molecular complexity index is 1310. The predicted molar refractivity (Wildman–Crippen MR) is 110 cm³/mol. The molecule has 0 spiro atoms. The predicted octanol–water partition coefficient (Wildman–Crippen LogP) is 3.48. The van der Waals surface area contributed by atoms with Crippen LogP contribution in [0.2, 0.25) is 0 Å². The van der Waals surface area contributed by atoms with E-state index in [9.17, 15) is 22.8 Å². The fraction of sp³-hybridized carbons (Fsp3) is 0.100. The number of hydrogen-bond donors (Lipinski definition) is 3. The van der Waals surface area contributed by atoms with Crippen LogP contribution in [-0.2, 0) is 9.59 Å².